The van der Waals surface area contributed by atoms with E-state index in [1.807, 2.05) is 137 Å². The summed E-state index contributed by atoms with van der Waals surface area (Å²) in [5.74, 6) is 2.72. The minimum atomic E-state index is -6.09. The van der Waals surface area contributed by atoms with Crippen molar-refractivity contribution in [1.29, 1.82) is 0 Å². The fourth-order valence-corrected chi connectivity index (χ4v) is 4.18. The van der Waals surface area contributed by atoms with Crippen LogP contribution in [0.15, 0.2) is 154 Å². The Labute approximate surface area is 462 Å². The van der Waals surface area contributed by atoms with E-state index in [2.05, 4.69) is 72.0 Å². The van der Waals surface area contributed by atoms with Gasteiger partial charge in [0.15, 0.2) is 30.4 Å². The van der Waals surface area contributed by atoms with Gasteiger partial charge in [-0.3, -0.25) is 21.7 Å². The maximum Gasteiger partial charge on any atom is 3.00 e. The van der Waals surface area contributed by atoms with Crippen LogP contribution in [0.4, 0.5) is 62.8 Å². The van der Waals surface area contributed by atoms with Crippen LogP contribution in [0, 0.1) is 37.3 Å². The maximum atomic E-state index is 10.7. The Bertz CT molecular complexity index is 2850. The van der Waals surface area contributed by atoms with Crippen LogP contribution in [0.2, 0.25) is 0 Å². The second-order valence-corrected chi connectivity index (χ2v) is 17.7. The molecule has 0 aliphatic carbocycles. The molecule has 4 N–H and O–H groups in total. The minimum absolute atomic E-state index is 0. The number of hydrogen-bond donors (Lipinski definition) is 4. The van der Waals surface area contributed by atoms with E-state index in [0.29, 0.717) is 23.3 Å². The first-order chi connectivity index (χ1) is 35.2. The topological polar surface area (TPSA) is 346 Å². The molecule has 0 aromatic carbocycles. The molecule has 6 rings (SSSR count). The number of nitrogens with zero attached hydrogens (tertiary/aromatic N) is 10. The molecule has 6 heterocycles. The van der Waals surface area contributed by atoms with E-state index < -0.39 is 46.9 Å². The number of anilines is 4. The summed E-state index contributed by atoms with van der Waals surface area (Å²) in [6.45, 7) is 7.56. The fourth-order valence-electron chi connectivity index (χ4n) is 4.18. The van der Waals surface area contributed by atoms with Crippen molar-refractivity contribution in [1.82, 2.24) is 29.9 Å². The van der Waals surface area contributed by atoms with Crippen molar-refractivity contribution in [3.8, 4) is 0 Å². The Morgan fingerprint density at radius 3 is 0.701 bits per heavy atom. The predicted octanol–water partition coefficient (Wildman–Crippen LogP) is 7.24. The molecule has 0 fully saturated rings. The third kappa shape index (κ3) is 26.6. The van der Waals surface area contributed by atoms with Gasteiger partial charge >= 0.3 is 53.8 Å². The molecule has 36 heteroatoms. The second kappa shape index (κ2) is 31.4. The third-order valence-electron chi connectivity index (χ3n) is 7.84. The van der Waals surface area contributed by atoms with Crippen LogP contribution >= 0.6 is 0 Å². The van der Waals surface area contributed by atoms with Crippen molar-refractivity contribution in [2.24, 2.45) is 20.4 Å². The quantitative estimate of drug-likeness (QED) is 0.0308. The molecule has 6 aromatic heterocycles. The smallest absolute Gasteiger partial charge is 0.741 e. The Morgan fingerprint density at radius 2 is 0.558 bits per heavy atom. The van der Waals surface area contributed by atoms with Gasteiger partial charge in [0.05, 0.1) is 45.6 Å². The molecule has 0 aliphatic rings. The molecule has 77 heavy (non-hydrogen) atoms. The predicted molar refractivity (Wildman–Crippen MR) is 256 cm³/mol. The van der Waals surface area contributed by atoms with Crippen LogP contribution in [-0.2, 0) is 30.4 Å². The average Bonchev–Trinajstić information content (AvgIpc) is 3.36. The van der Waals surface area contributed by atoms with Crippen molar-refractivity contribution in [2.45, 2.75) is 44.2 Å². The van der Waals surface area contributed by atoms with E-state index >= 15 is 0 Å². The van der Waals surface area contributed by atoms with Gasteiger partial charge in [-0.25, -0.2) is 55.2 Å². The first kappa shape index (κ1) is 68.1. The molecule has 0 atom stereocenters. The summed E-state index contributed by atoms with van der Waals surface area (Å²) in [7, 11) is -18.3. The number of pyridine rings is 6. The van der Waals surface area contributed by atoms with Crippen LogP contribution in [0.5, 0.6) is 0 Å². The van der Waals surface area contributed by atoms with E-state index in [1.54, 1.807) is 24.8 Å². The first-order valence-corrected chi connectivity index (χ1v) is 24.3. The number of halogens is 9. The molecule has 419 valence electrons. The summed E-state index contributed by atoms with van der Waals surface area (Å²) in [5.41, 5.74) is 0.820. The third-order valence-corrected chi connectivity index (χ3v) is 9.54. The average molecular weight is 1310 g/mol. The molecule has 0 aliphatic heterocycles. The number of alkyl halides is 9. The van der Waals surface area contributed by atoms with Gasteiger partial charge in [0.1, 0.15) is 23.3 Å². The van der Waals surface area contributed by atoms with E-state index in [0.717, 1.165) is 45.6 Å². The van der Waals surface area contributed by atoms with Gasteiger partial charge in [0.2, 0.25) is 0 Å². The van der Waals surface area contributed by atoms with Gasteiger partial charge in [-0.1, -0.05) is 36.4 Å². The first-order valence-electron chi connectivity index (χ1n) is 20.1. The monoisotopic (exact) mass is 1300 g/mol. The number of rotatable bonds is 12. The Balaban J connectivity index is 0.000000540. The maximum absolute atomic E-state index is 10.7. The molecule has 0 saturated heterocycles. The second-order valence-electron chi connectivity index (χ2n) is 13.6. The number of hydrogen-bond acceptors (Lipinski definition) is 23. The minimum Gasteiger partial charge on any atom is -0.741 e. The van der Waals surface area contributed by atoms with Crippen molar-refractivity contribution < 1.29 is 116 Å². The fraction of sp³-hybridized carbons (Fsp3) is 0.171. The van der Waals surface area contributed by atoms with Gasteiger partial charge in [-0.05, 0) is 100 Å². The molecule has 0 unspecified atom stereocenters. The van der Waals surface area contributed by atoms with Gasteiger partial charge in [0.25, 0.3) is 0 Å². The zero-order chi connectivity index (χ0) is 57.4. The van der Waals surface area contributed by atoms with Gasteiger partial charge < -0.3 is 13.7 Å². The molecular formula is C41H38ErF9N14O9S3. The normalized spacial score (nSPS) is 12.4. The summed E-state index contributed by atoms with van der Waals surface area (Å²) < 4.78 is 177. The SMILES string of the molecule is C/C(=N\Nc1ccccn1)c1cccc(/C(C)=N/Nc2ccccn2)n1.C/C(=N\Nc1ccccn1)c1cccc(/C(C)=N/Nc2ccccn2)n1.O=S(=O)([O-])C(F)(F)F.O=S(=O)([O-])C(F)(F)F.O=S(=O)([O-])C(F)(F)F.[Er+3]. The molecule has 1 radical (unpaired) electrons. The van der Waals surface area contributed by atoms with Crippen molar-refractivity contribution >= 4 is 76.5 Å². The van der Waals surface area contributed by atoms with Crippen LogP contribution in [-0.4, -0.2) is 108 Å². The van der Waals surface area contributed by atoms with Crippen molar-refractivity contribution in [2.75, 3.05) is 21.7 Å². The zero-order valence-electron chi connectivity index (χ0n) is 39.3. The molecule has 0 amide bonds. The Morgan fingerprint density at radius 1 is 0.377 bits per heavy atom. The molecule has 23 nitrogen and oxygen atoms in total. The standard InChI is InChI=1S/2C19H19N7.3CHF3O3S.Er/c2*1-14(23-25-18-10-3-5-12-20-18)16-8-7-9-17(22-16)15(2)24-26-19-11-4-6-13-21-19;3*2-1(3,4)8(5,6)7;/h2*3-13H,1-2H3,(H,20,25)(H,21,26);3*(H,5,6,7);/q;;;;;+3/p-3/b2*23-14+,24-15+;;;;. The summed E-state index contributed by atoms with van der Waals surface area (Å²) >= 11 is 0. The van der Waals surface area contributed by atoms with Crippen molar-refractivity contribution in [3.63, 3.8) is 0 Å². The number of hydrazone groups is 4. The zero-order valence-corrected chi connectivity index (χ0v) is 43.6. The van der Waals surface area contributed by atoms with Crippen molar-refractivity contribution in [3.05, 3.63) is 157 Å². The van der Waals surface area contributed by atoms with E-state index in [9.17, 15) is 39.5 Å². The largest absolute Gasteiger partial charge is 3.00 e. The van der Waals surface area contributed by atoms with E-state index in [1.165, 1.54) is 0 Å². The molecule has 0 spiro atoms. The summed E-state index contributed by atoms with van der Waals surface area (Å²) in [6, 6.07) is 33.9. The van der Waals surface area contributed by atoms with Crippen LogP contribution in [0.25, 0.3) is 0 Å². The number of aromatic nitrogens is 6. The van der Waals surface area contributed by atoms with Crippen LogP contribution in [0.3, 0.4) is 0 Å². The van der Waals surface area contributed by atoms with E-state index in [-0.39, 0.29) is 37.3 Å². The van der Waals surface area contributed by atoms with Gasteiger partial charge in [-0.15, -0.1) is 0 Å². The molecule has 0 bridgehead atoms. The molecule has 6 aromatic rings. The summed E-state index contributed by atoms with van der Waals surface area (Å²) in [5, 5.41) is 17.3. The van der Waals surface area contributed by atoms with Gasteiger partial charge in [-0.2, -0.15) is 59.9 Å². The van der Waals surface area contributed by atoms with Crippen LogP contribution < -0.4 is 21.7 Å². The summed E-state index contributed by atoms with van der Waals surface area (Å²) in [6.07, 6.45) is 6.84. The van der Waals surface area contributed by atoms with Gasteiger partial charge in [0, 0.05) is 24.8 Å². The van der Waals surface area contributed by atoms with E-state index in [4.69, 9.17) is 38.9 Å². The molecular weight excluding hydrogens is 1270 g/mol. The Hall–Kier alpha value is -6.87. The Kier molecular flexibility index (Phi) is 27.8. The number of nitrogens with one attached hydrogen (secondary N) is 4. The molecule has 0 saturated carbocycles. The summed E-state index contributed by atoms with van der Waals surface area (Å²) in [4.78, 5) is 25.9. The van der Waals surface area contributed by atoms with Crippen LogP contribution in [0.1, 0.15) is 50.5 Å².